The molecular weight excluding hydrogens is 198 g/mol. The predicted octanol–water partition coefficient (Wildman–Crippen LogP) is 3.37. The quantitative estimate of drug-likeness (QED) is 0.763. The van der Waals surface area contributed by atoms with Crippen molar-refractivity contribution in [2.45, 2.75) is 39.5 Å². The van der Waals surface area contributed by atoms with Gasteiger partial charge in [0.25, 0.3) is 0 Å². The van der Waals surface area contributed by atoms with E-state index in [-0.39, 0.29) is 0 Å². The van der Waals surface area contributed by atoms with Crippen LogP contribution in [0.25, 0.3) is 0 Å². The molecule has 3 nitrogen and oxygen atoms in total. The Morgan fingerprint density at radius 3 is 2.25 bits per heavy atom. The van der Waals surface area contributed by atoms with E-state index < -0.39 is 0 Å². The minimum atomic E-state index is 0.391. The van der Waals surface area contributed by atoms with Crippen LogP contribution in [-0.4, -0.2) is 18.2 Å². The normalized spacial score (nSPS) is 10.9. The summed E-state index contributed by atoms with van der Waals surface area (Å²) in [5.41, 5.74) is 4.02. The van der Waals surface area contributed by atoms with Crippen LogP contribution in [0, 0.1) is 5.41 Å². The lowest BCUT2D eigenvalue weighted by Gasteiger charge is -2.18. The first-order chi connectivity index (χ1) is 7.51. The molecule has 1 aromatic rings. The molecule has 0 fully saturated rings. The zero-order valence-corrected chi connectivity index (χ0v) is 10.8. The number of rotatable bonds is 4. The van der Waals surface area contributed by atoms with Crippen LogP contribution >= 0.6 is 0 Å². The SMILES string of the molecule is CNc1cc(C(C)C)c(C(C)C)nc1C=N. The van der Waals surface area contributed by atoms with Gasteiger partial charge in [-0.1, -0.05) is 27.7 Å². The van der Waals surface area contributed by atoms with E-state index in [9.17, 15) is 0 Å². The summed E-state index contributed by atoms with van der Waals surface area (Å²) in [6.07, 6.45) is 1.31. The van der Waals surface area contributed by atoms with Gasteiger partial charge in [0.2, 0.25) is 0 Å². The molecule has 0 bridgehead atoms. The summed E-state index contributed by atoms with van der Waals surface area (Å²) in [4.78, 5) is 4.58. The summed E-state index contributed by atoms with van der Waals surface area (Å²) in [5, 5.41) is 10.5. The number of anilines is 1. The fourth-order valence-electron chi connectivity index (χ4n) is 1.79. The number of nitrogens with one attached hydrogen (secondary N) is 2. The second-order valence-electron chi connectivity index (χ2n) is 4.60. The number of aromatic nitrogens is 1. The third-order valence-electron chi connectivity index (χ3n) is 2.69. The van der Waals surface area contributed by atoms with Crippen LogP contribution in [0.4, 0.5) is 5.69 Å². The van der Waals surface area contributed by atoms with Gasteiger partial charge in [-0.2, -0.15) is 0 Å². The number of nitrogens with zero attached hydrogens (tertiary/aromatic N) is 1. The maximum Gasteiger partial charge on any atom is 0.104 e. The van der Waals surface area contributed by atoms with Crippen LogP contribution < -0.4 is 5.32 Å². The molecule has 88 valence electrons. The van der Waals surface area contributed by atoms with Crippen molar-refractivity contribution in [2.24, 2.45) is 0 Å². The number of pyridine rings is 1. The minimum Gasteiger partial charge on any atom is -0.386 e. The largest absolute Gasteiger partial charge is 0.386 e. The molecule has 1 rings (SSSR count). The summed E-state index contributed by atoms with van der Waals surface area (Å²) in [7, 11) is 1.86. The summed E-state index contributed by atoms with van der Waals surface area (Å²) < 4.78 is 0. The van der Waals surface area contributed by atoms with Crippen LogP contribution in [0.3, 0.4) is 0 Å². The van der Waals surface area contributed by atoms with E-state index in [1.165, 1.54) is 11.8 Å². The number of hydrogen-bond donors (Lipinski definition) is 2. The van der Waals surface area contributed by atoms with Gasteiger partial charge in [-0.25, -0.2) is 4.98 Å². The zero-order valence-electron chi connectivity index (χ0n) is 10.8. The maximum absolute atomic E-state index is 7.38. The smallest absolute Gasteiger partial charge is 0.104 e. The molecule has 0 radical (unpaired) electrons. The van der Waals surface area contributed by atoms with E-state index >= 15 is 0 Å². The van der Waals surface area contributed by atoms with Crippen LogP contribution in [0.1, 0.15) is 56.5 Å². The van der Waals surface area contributed by atoms with Gasteiger partial charge in [-0.3, -0.25) is 0 Å². The standard InChI is InChI=1S/C13H21N3/c1-8(2)10-6-11(15-5)12(7-14)16-13(10)9(3)4/h6-9,14-15H,1-5H3. The van der Waals surface area contributed by atoms with Gasteiger partial charge in [0.05, 0.1) is 5.69 Å². The molecular formula is C13H21N3. The van der Waals surface area contributed by atoms with Gasteiger partial charge in [-0.15, -0.1) is 0 Å². The average molecular weight is 219 g/mol. The third-order valence-corrected chi connectivity index (χ3v) is 2.69. The van der Waals surface area contributed by atoms with Crippen molar-refractivity contribution >= 4 is 11.9 Å². The molecule has 1 aromatic heterocycles. The van der Waals surface area contributed by atoms with Crippen molar-refractivity contribution in [3.8, 4) is 0 Å². The molecule has 3 heteroatoms. The monoisotopic (exact) mass is 219 g/mol. The minimum absolute atomic E-state index is 0.391. The third kappa shape index (κ3) is 2.40. The highest BCUT2D eigenvalue weighted by atomic mass is 14.9. The molecule has 2 N–H and O–H groups in total. The summed E-state index contributed by atoms with van der Waals surface area (Å²) in [6.45, 7) is 8.63. The Morgan fingerprint density at radius 2 is 1.88 bits per heavy atom. The van der Waals surface area contributed by atoms with E-state index in [0.29, 0.717) is 11.8 Å². The highest BCUT2D eigenvalue weighted by Gasteiger charge is 2.14. The summed E-state index contributed by atoms with van der Waals surface area (Å²) >= 11 is 0. The molecule has 0 aliphatic heterocycles. The van der Waals surface area contributed by atoms with Gasteiger partial charge < -0.3 is 10.7 Å². The predicted molar refractivity (Wildman–Crippen MR) is 69.8 cm³/mol. The highest BCUT2D eigenvalue weighted by molar-refractivity contribution is 5.83. The van der Waals surface area contributed by atoms with E-state index in [4.69, 9.17) is 5.41 Å². The lowest BCUT2D eigenvalue weighted by atomic mass is 9.94. The van der Waals surface area contributed by atoms with E-state index in [2.05, 4.69) is 44.1 Å². The van der Waals surface area contributed by atoms with E-state index in [0.717, 1.165) is 17.1 Å². The van der Waals surface area contributed by atoms with Crippen molar-refractivity contribution in [1.29, 1.82) is 5.41 Å². The molecule has 0 amide bonds. The Labute approximate surface area is 97.8 Å². The fourth-order valence-corrected chi connectivity index (χ4v) is 1.79. The molecule has 0 aliphatic carbocycles. The first-order valence-electron chi connectivity index (χ1n) is 5.74. The van der Waals surface area contributed by atoms with Gasteiger partial charge >= 0.3 is 0 Å². The Morgan fingerprint density at radius 1 is 1.25 bits per heavy atom. The summed E-state index contributed by atoms with van der Waals surface area (Å²) in [5.74, 6) is 0.846. The second kappa shape index (κ2) is 5.10. The molecule has 0 saturated carbocycles. The van der Waals surface area contributed by atoms with E-state index in [1.54, 1.807) is 0 Å². The van der Waals surface area contributed by atoms with Crippen LogP contribution in [0.5, 0.6) is 0 Å². The van der Waals surface area contributed by atoms with E-state index in [1.807, 2.05) is 7.05 Å². The van der Waals surface area contributed by atoms with Crippen LogP contribution in [0.2, 0.25) is 0 Å². The Balaban J connectivity index is 3.41. The molecule has 0 atom stereocenters. The average Bonchev–Trinajstić information content (AvgIpc) is 2.26. The van der Waals surface area contributed by atoms with Crippen molar-refractivity contribution in [2.75, 3.05) is 12.4 Å². The first kappa shape index (κ1) is 12.7. The van der Waals surface area contributed by atoms with Gasteiger partial charge in [-0.05, 0) is 23.5 Å². The fraction of sp³-hybridized carbons (Fsp3) is 0.538. The Hall–Kier alpha value is -1.38. The Kier molecular flexibility index (Phi) is 4.05. The van der Waals surface area contributed by atoms with Gasteiger partial charge in [0.1, 0.15) is 5.69 Å². The molecule has 0 aliphatic rings. The summed E-state index contributed by atoms with van der Waals surface area (Å²) in [6, 6.07) is 2.12. The molecule has 0 spiro atoms. The van der Waals surface area contributed by atoms with Crippen molar-refractivity contribution in [3.05, 3.63) is 23.0 Å². The maximum atomic E-state index is 7.38. The Bertz CT molecular complexity index is 381. The van der Waals surface area contributed by atoms with Crippen molar-refractivity contribution in [3.63, 3.8) is 0 Å². The topological polar surface area (TPSA) is 48.8 Å². The molecule has 0 saturated heterocycles. The number of hydrogen-bond acceptors (Lipinski definition) is 3. The van der Waals surface area contributed by atoms with Crippen LogP contribution in [0.15, 0.2) is 6.07 Å². The zero-order chi connectivity index (χ0) is 12.3. The lowest BCUT2D eigenvalue weighted by molar-refractivity contribution is 0.757. The molecule has 0 aromatic carbocycles. The second-order valence-corrected chi connectivity index (χ2v) is 4.60. The highest BCUT2D eigenvalue weighted by Crippen LogP contribution is 2.28. The van der Waals surface area contributed by atoms with Gasteiger partial charge in [0.15, 0.2) is 0 Å². The van der Waals surface area contributed by atoms with Crippen molar-refractivity contribution in [1.82, 2.24) is 4.98 Å². The first-order valence-corrected chi connectivity index (χ1v) is 5.74. The van der Waals surface area contributed by atoms with Crippen molar-refractivity contribution < 1.29 is 0 Å². The molecule has 0 unspecified atom stereocenters. The molecule has 16 heavy (non-hydrogen) atoms. The molecule has 1 heterocycles. The lowest BCUT2D eigenvalue weighted by Crippen LogP contribution is -2.08. The van der Waals surface area contributed by atoms with Crippen LogP contribution in [-0.2, 0) is 0 Å². The van der Waals surface area contributed by atoms with Gasteiger partial charge in [0, 0.05) is 19.0 Å².